The third-order valence-corrected chi connectivity index (χ3v) is 6.91. The Kier molecular flexibility index (Phi) is 5.16. The molecule has 0 saturated carbocycles. The highest BCUT2D eigenvalue weighted by molar-refractivity contribution is 7.87. The first-order chi connectivity index (χ1) is 12.1. The zero-order valence-corrected chi connectivity index (χ0v) is 17.2. The Hall–Kier alpha value is -1.44. The van der Waals surface area contributed by atoms with Crippen molar-refractivity contribution < 1.29 is 8.42 Å². The molecule has 0 aliphatic carbocycles. The molecule has 2 N–H and O–H groups in total. The van der Waals surface area contributed by atoms with Crippen molar-refractivity contribution in [3.8, 4) is 0 Å². The van der Waals surface area contributed by atoms with E-state index < -0.39 is 10.2 Å². The second-order valence-electron chi connectivity index (χ2n) is 8.55. The minimum atomic E-state index is -3.55. The van der Waals surface area contributed by atoms with E-state index >= 15 is 0 Å². The van der Waals surface area contributed by atoms with Gasteiger partial charge in [-0.2, -0.15) is 17.4 Å². The molecule has 2 aromatic rings. The summed E-state index contributed by atoms with van der Waals surface area (Å²) in [5.41, 5.74) is 3.14. The first-order valence-electron chi connectivity index (χ1n) is 9.31. The molecule has 0 radical (unpaired) electrons. The predicted molar refractivity (Wildman–Crippen MR) is 105 cm³/mol. The summed E-state index contributed by atoms with van der Waals surface area (Å²) in [5.74, 6) is 0.745. The fourth-order valence-electron chi connectivity index (χ4n) is 3.36. The third-order valence-electron chi connectivity index (χ3n) is 5.31. The highest BCUT2D eigenvalue weighted by Gasteiger charge is 2.34. The average molecular weight is 379 g/mol. The van der Waals surface area contributed by atoms with E-state index in [0.29, 0.717) is 18.9 Å². The van der Waals surface area contributed by atoms with E-state index in [1.165, 1.54) is 0 Å². The maximum Gasteiger partial charge on any atom is 0.280 e. The molecule has 1 aromatic carbocycles. The van der Waals surface area contributed by atoms with E-state index in [4.69, 9.17) is 0 Å². The van der Waals surface area contributed by atoms with Crippen molar-refractivity contribution in [3.63, 3.8) is 0 Å². The molecule has 7 heteroatoms. The quantitative estimate of drug-likeness (QED) is 0.835. The van der Waals surface area contributed by atoms with Gasteiger partial charge < -0.3 is 4.98 Å². The summed E-state index contributed by atoms with van der Waals surface area (Å²) >= 11 is 0. The molecular weight excluding hydrogens is 348 g/mol. The summed E-state index contributed by atoms with van der Waals surface area (Å²) in [4.78, 5) is 7.93. The van der Waals surface area contributed by atoms with E-state index in [2.05, 4.69) is 28.5 Å². The van der Waals surface area contributed by atoms with Crippen molar-refractivity contribution in [2.75, 3.05) is 13.1 Å². The van der Waals surface area contributed by atoms with Crippen LogP contribution in [0.15, 0.2) is 18.2 Å². The fraction of sp³-hybridized carbons (Fsp3) is 0.632. The normalized spacial score (nSPS) is 19.9. The van der Waals surface area contributed by atoms with Crippen molar-refractivity contribution >= 4 is 21.2 Å². The second kappa shape index (κ2) is 6.94. The van der Waals surface area contributed by atoms with Gasteiger partial charge in [-0.3, -0.25) is 0 Å². The standard InChI is InChI=1S/C19H30N4O2S/c1-13(2)17(18-20-15-7-6-14(3)12-16(15)21-18)22-26(24,25)23-10-8-19(4,5)9-11-23/h6-7,12-13,17,22H,8-11H2,1-5H3,(H,20,21)/t17-/m1/s1. The molecule has 1 fully saturated rings. The lowest BCUT2D eigenvalue weighted by atomic mass is 9.83. The van der Waals surface area contributed by atoms with Crippen LogP contribution in [0.1, 0.15) is 58.0 Å². The van der Waals surface area contributed by atoms with Crippen LogP contribution in [0, 0.1) is 18.3 Å². The van der Waals surface area contributed by atoms with Crippen molar-refractivity contribution in [2.24, 2.45) is 11.3 Å². The second-order valence-corrected chi connectivity index (χ2v) is 10.3. The Bertz CT molecular complexity index is 876. The van der Waals surface area contributed by atoms with Gasteiger partial charge in [0.05, 0.1) is 17.1 Å². The Morgan fingerprint density at radius 3 is 2.50 bits per heavy atom. The average Bonchev–Trinajstić information content (AvgIpc) is 2.94. The minimum Gasteiger partial charge on any atom is -0.341 e. The lowest BCUT2D eigenvalue weighted by molar-refractivity contribution is 0.193. The van der Waals surface area contributed by atoms with E-state index in [-0.39, 0.29) is 17.4 Å². The number of aromatic amines is 1. The van der Waals surface area contributed by atoms with Gasteiger partial charge in [0.1, 0.15) is 5.82 Å². The topological polar surface area (TPSA) is 78.1 Å². The molecule has 26 heavy (non-hydrogen) atoms. The maximum atomic E-state index is 12.9. The summed E-state index contributed by atoms with van der Waals surface area (Å²) in [6, 6.07) is 5.62. The van der Waals surface area contributed by atoms with Gasteiger partial charge in [0.25, 0.3) is 10.2 Å². The van der Waals surface area contributed by atoms with Gasteiger partial charge in [0, 0.05) is 13.1 Å². The molecule has 0 amide bonds. The maximum absolute atomic E-state index is 12.9. The number of piperidine rings is 1. The van der Waals surface area contributed by atoms with Gasteiger partial charge in [-0.15, -0.1) is 0 Å². The van der Waals surface area contributed by atoms with E-state index in [9.17, 15) is 8.42 Å². The van der Waals surface area contributed by atoms with Crippen molar-refractivity contribution in [3.05, 3.63) is 29.6 Å². The van der Waals surface area contributed by atoms with E-state index in [1.807, 2.05) is 39.0 Å². The van der Waals surface area contributed by atoms with Crippen LogP contribution >= 0.6 is 0 Å². The summed E-state index contributed by atoms with van der Waals surface area (Å²) in [6.45, 7) is 11.5. The van der Waals surface area contributed by atoms with Gasteiger partial charge in [-0.25, -0.2) is 4.98 Å². The molecule has 1 atom stereocenters. The van der Waals surface area contributed by atoms with Crippen LogP contribution in [-0.4, -0.2) is 35.8 Å². The predicted octanol–water partition coefficient (Wildman–Crippen LogP) is 3.52. The highest BCUT2D eigenvalue weighted by atomic mass is 32.2. The molecule has 0 unspecified atom stereocenters. The number of imidazole rings is 1. The Labute approximate surface area is 156 Å². The molecule has 1 aliphatic heterocycles. The smallest absolute Gasteiger partial charge is 0.280 e. The monoisotopic (exact) mass is 378 g/mol. The number of hydrogen-bond acceptors (Lipinski definition) is 3. The van der Waals surface area contributed by atoms with Crippen LogP contribution in [0.4, 0.5) is 0 Å². The van der Waals surface area contributed by atoms with Crippen LogP contribution in [-0.2, 0) is 10.2 Å². The fourth-order valence-corrected chi connectivity index (χ4v) is 4.88. The van der Waals surface area contributed by atoms with Gasteiger partial charge in [0.2, 0.25) is 0 Å². The molecule has 0 bridgehead atoms. The first-order valence-corrected chi connectivity index (χ1v) is 10.8. The van der Waals surface area contributed by atoms with E-state index in [1.54, 1.807) is 4.31 Å². The number of nitrogens with zero attached hydrogens (tertiary/aromatic N) is 2. The summed E-state index contributed by atoms with van der Waals surface area (Å²) in [7, 11) is -3.55. The van der Waals surface area contributed by atoms with Crippen LogP contribution in [0.3, 0.4) is 0 Å². The number of benzene rings is 1. The van der Waals surface area contributed by atoms with Gasteiger partial charge >= 0.3 is 0 Å². The molecule has 3 rings (SSSR count). The zero-order chi connectivity index (χ0) is 19.1. The number of rotatable bonds is 5. The molecule has 1 aliphatic rings. The molecule has 0 spiro atoms. The number of H-pyrrole nitrogens is 1. The molecule has 2 heterocycles. The van der Waals surface area contributed by atoms with Gasteiger partial charge in [0.15, 0.2) is 0 Å². The zero-order valence-electron chi connectivity index (χ0n) is 16.3. The molecule has 144 valence electrons. The van der Waals surface area contributed by atoms with Gasteiger partial charge in [-0.05, 0) is 48.8 Å². The third kappa shape index (κ3) is 4.10. The highest BCUT2D eigenvalue weighted by Crippen LogP contribution is 2.31. The lowest BCUT2D eigenvalue weighted by Gasteiger charge is -2.36. The largest absolute Gasteiger partial charge is 0.341 e. The van der Waals surface area contributed by atoms with Crippen LogP contribution in [0.2, 0.25) is 0 Å². The lowest BCUT2D eigenvalue weighted by Crippen LogP contribution is -2.48. The van der Waals surface area contributed by atoms with Crippen LogP contribution in [0.5, 0.6) is 0 Å². The summed E-state index contributed by atoms with van der Waals surface area (Å²) in [6.07, 6.45) is 1.76. The minimum absolute atomic E-state index is 0.0765. The van der Waals surface area contributed by atoms with Crippen LogP contribution in [0.25, 0.3) is 11.0 Å². The van der Waals surface area contributed by atoms with E-state index in [0.717, 1.165) is 29.4 Å². The Morgan fingerprint density at radius 2 is 1.88 bits per heavy atom. The number of aromatic nitrogens is 2. The van der Waals surface area contributed by atoms with Crippen molar-refractivity contribution in [1.29, 1.82) is 0 Å². The molecule has 1 saturated heterocycles. The SMILES string of the molecule is Cc1ccc2nc([C@H](NS(=O)(=O)N3CCC(C)(C)CC3)C(C)C)[nH]c2c1. The molecular formula is C19H30N4O2S. The number of fused-ring (bicyclic) bond motifs is 1. The summed E-state index contributed by atoms with van der Waals surface area (Å²) in [5, 5.41) is 0. The number of hydrogen-bond donors (Lipinski definition) is 2. The first kappa shape index (κ1) is 19.3. The van der Waals surface area contributed by atoms with Crippen molar-refractivity contribution in [2.45, 2.75) is 53.5 Å². The Morgan fingerprint density at radius 1 is 1.23 bits per heavy atom. The van der Waals surface area contributed by atoms with Gasteiger partial charge in [-0.1, -0.05) is 33.8 Å². The number of nitrogens with one attached hydrogen (secondary N) is 2. The van der Waals surface area contributed by atoms with Crippen molar-refractivity contribution in [1.82, 2.24) is 19.0 Å². The molecule has 6 nitrogen and oxygen atoms in total. The molecule has 1 aromatic heterocycles. The number of aryl methyl sites for hydroxylation is 1. The van der Waals surface area contributed by atoms with Crippen LogP contribution < -0.4 is 4.72 Å². The Balaban J connectivity index is 1.83. The summed E-state index contributed by atoms with van der Waals surface area (Å²) < 4.78 is 30.3.